The van der Waals surface area contributed by atoms with Gasteiger partial charge in [0.25, 0.3) is 11.1 Å². The molecule has 0 spiro atoms. The van der Waals surface area contributed by atoms with Crippen molar-refractivity contribution in [3.8, 4) is 11.5 Å². The zero-order valence-electron chi connectivity index (χ0n) is 14.2. The molecule has 134 valence electrons. The van der Waals surface area contributed by atoms with Gasteiger partial charge in [-0.25, -0.2) is 0 Å². The molecule has 0 aliphatic carbocycles. The Bertz CT molecular complexity index is 883. The minimum absolute atomic E-state index is 0.256. The number of benzene rings is 2. The topological polar surface area (TPSA) is 55.8 Å². The molecule has 5 nitrogen and oxygen atoms in total. The predicted molar refractivity (Wildman–Crippen MR) is 105 cm³/mol. The van der Waals surface area contributed by atoms with Gasteiger partial charge in [-0.15, -0.1) is 0 Å². The average molecular weight is 434 g/mol. The van der Waals surface area contributed by atoms with E-state index in [-0.39, 0.29) is 17.7 Å². The normalized spacial score (nSPS) is 15.7. The lowest BCUT2D eigenvalue weighted by Crippen LogP contribution is -2.27. The van der Waals surface area contributed by atoms with Crippen molar-refractivity contribution in [1.82, 2.24) is 4.90 Å². The fourth-order valence-corrected chi connectivity index (χ4v) is 3.89. The van der Waals surface area contributed by atoms with E-state index in [1.807, 2.05) is 30.3 Å². The van der Waals surface area contributed by atoms with Gasteiger partial charge in [-0.1, -0.05) is 30.3 Å². The van der Waals surface area contributed by atoms with Crippen LogP contribution in [0.3, 0.4) is 0 Å². The fourth-order valence-electron chi connectivity index (χ4n) is 2.54. The first-order valence-corrected chi connectivity index (χ1v) is 9.35. The third-order valence-electron chi connectivity index (χ3n) is 3.85. The maximum Gasteiger partial charge on any atom is 0.293 e. The molecule has 2 amide bonds. The highest BCUT2D eigenvalue weighted by atomic mass is 79.9. The molecule has 0 bridgehead atoms. The highest BCUT2D eigenvalue weighted by molar-refractivity contribution is 9.10. The van der Waals surface area contributed by atoms with Crippen molar-refractivity contribution in [3.63, 3.8) is 0 Å². The molecule has 26 heavy (non-hydrogen) atoms. The number of carbonyl (C=O) groups excluding carboxylic acids is 2. The number of amides is 2. The summed E-state index contributed by atoms with van der Waals surface area (Å²) in [6.07, 6.45) is 1.67. The molecule has 2 aromatic carbocycles. The summed E-state index contributed by atoms with van der Waals surface area (Å²) in [4.78, 5) is 26.6. The Labute approximate surface area is 164 Å². The molecule has 1 aliphatic heterocycles. The van der Waals surface area contributed by atoms with E-state index in [9.17, 15) is 9.59 Å². The average Bonchev–Trinajstić information content (AvgIpc) is 2.90. The van der Waals surface area contributed by atoms with Gasteiger partial charge >= 0.3 is 0 Å². The number of imide groups is 1. The number of hydrogen-bond acceptors (Lipinski definition) is 5. The van der Waals surface area contributed by atoms with Crippen LogP contribution < -0.4 is 9.47 Å². The lowest BCUT2D eigenvalue weighted by atomic mass is 10.1. The summed E-state index contributed by atoms with van der Waals surface area (Å²) in [5, 5.41) is -0.281. The summed E-state index contributed by atoms with van der Waals surface area (Å²) in [5.41, 5.74) is 1.59. The molecule has 3 rings (SSSR count). The van der Waals surface area contributed by atoms with Gasteiger partial charge in [-0.3, -0.25) is 14.5 Å². The number of ether oxygens (including phenoxy) is 2. The van der Waals surface area contributed by atoms with Crippen LogP contribution in [0.1, 0.15) is 11.1 Å². The molecular weight excluding hydrogens is 418 g/mol. The van der Waals surface area contributed by atoms with Crippen molar-refractivity contribution in [2.24, 2.45) is 0 Å². The molecule has 1 saturated heterocycles. The lowest BCUT2D eigenvalue weighted by molar-refractivity contribution is -0.123. The molecule has 0 unspecified atom stereocenters. The van der Waals surface area contributed by atoms with Crippen LogP contribution in [-0.4, -0.2) is 30.3 Å². The standard InChI is InChI=1S/C19H16BrNO4S/c1-24-15-10-16(25-2)14(20)8-13(15)9-17-18(22)21(19(23)26-17)11-12-6-4-3-5-7-12/h3-10H,11H2,1-2H3. The molecule has 0 atom stereocenters. The summed E-state index contributed by atoms with van der Waals surface area (Å²) >= 11 is 4.35. The minimum Gasteiger partial charge on any atom is -0.496 e. The quantitative estimate of drug-likeness (QED) is 0.639. The Kier molecular flexibility index (Phi) is 5.68. The van der Waals surface area contributed by atoms with E-state index >= 15 is 0 Å². The Morgan fingerprint density at radius 2 is 1.77 bits per heavy atom. The summed E-state index contributed by atoms with van der Waals surface area (Å²) < 4.78 is 11.4. The van der Waals surface area contributed by atoms with Crippen molar-refractivity contribution in [2.45, 2.75) is 6.54 Å². The number of rotatable bonds is 5. The van der Waals surface area contributed by atoms with E-state index in [4.69, 9.17) is 9.47 Å². The second kappa shape index (κ2) is 7.97. The predicted octanol–water partition coefficient (Wildman–Crippen LogP) is 4.70. The Morgan fingerprint density at radius 1 is 1.08 bits per heavy atom. The number of carbonyl (C=O) groups is 2. The molecule has 2 aromatic rings. The first-order chi connectivity index (χ1) is 12.5. The van der Waals surface area contributed by atoms with Gasteiger partial charge in [0.05, 0.1) is 30.1 Å². The van der Waals surface area contributed by atoms with Crippen LogP contribution in [0.2, 0.25) is 0 Å². The van der Waals surface area contributed by atoms with Crippen LogP contribution >= 0.6 is 27.7 Å². The zero-order chi connectivity index (χ0) is 18.7. The molecule has 7 heteroatoms. The SMILES string of the molecule is COc1cc(OC)c(C=C2SC(=O)N(Cc3ccccc3)C2=O)cc1Br. The van der Waals surface area contributed by atoms with E-state index in [0.717, 1.165) is 21.8 Å². The van der Waals surface area contributed by atoms with Gasteiger partial charge in [-0.05, 0) is 45.4 Å². The summed E-state index contributed by atoms with van der Waals surface area (Å²) in [6.45, 7) is 0.256. The summed E-state index contributed by atoms with van der Waals surface area (Å²) in [7, 11) is 3.11. The number of thioether (sulfide) groups is 1. The van der Waals surface area contributed by atoms with Crippen molar-refractivity contribution in [2.75, 3.05) is 14.2 Å². The number of hydrogen-bond donors (Lipinski definition) is 0. The van der Waals surface area contributed by atoms with E-state index in [2.05, 4.69) is 15.9 Å². The number of methoxy groups -OCH3 is 2. The molecule has 1 heterocycles. The Hall–Kier alpha value is -2.25. The molecule has 1 aliphatic rings. The van der Waals surface area contributed by atoms with E-state index in [1.165, 1.54) is 4.90 Å². The highest BCUT2D eigenvalue weighted by Gasteiger charge is 2.35. The molecule has 0 aromatic heterocycles. The maximum absolute atomic E-state index is 12.7. The van der Waals surface area contributed by atoms with Crippen molar-refractivity contribution in [1.29, 1.82) is 0 Å². The first kappa shape index (κ1) is 18.5. The maximum atomic E-state index is 12.7. The van der Waals surface area contributed by atoms with Gasteiger partial charge in [0, 0.05) is 11.6 Å². The van der Waals surface area contributed by atoms with Gasteiger partial charge in [-0.2, -0.15) is 0 Å². The Balaban J connectivity index is 1.89. The lowest BCUT2D eigenvalue weighted by Gasteiger charge is -2.12. The summed E-state index contributed by atoms with van der Waals surface area (Å²) in [6, 6.07) is 12.9. The van der Waals surface area contributed by atoms with Gasteiger partial charge in [0.1, 0.15) is 11.5 Å². The van der Waals surface area contributed by atoms with Crippen LogP contribution in [0.5, 0.6) is 11.5 Å². The first-order valence-electron chi connectivity index (χ1n) is 7.74. The van der Waals surface area contributed by atoms with E-state index in [1.54, 1.807) is 32.4 Å². The van der Waals surface area contributed by atoms with Crippen molar-refractivity contribution >= 4 is 44.9 Å². The fraction of sp³-hybridized carbons (Fsp3) is 0.158. The van der Waals surface area contributed by atoms with Gasteiger partial charge < -0.3 is 9.47 Å². The van der Waals surface area contributed by atoms with Crippen LogP contribution in [0, 0.1) is 0 Å². The smallest absolute Gasteiger partial charge is 0.293 e. The monoisotopic (exact) mass is 433 g/mol. The largest absolute Gasteiger partial charge is 0.496 e. The molecule has 0 saturated carbocycles. The van der Waals surface area contributed by atoms with Crippen LogP contribution in [0.4, 0.5) is 4.79 Å². The van der Waals surface area contributed by atoms with Crippen LogP contribution in [0.15, 0.2) is 51.8 Å². The molecule has 0 N–H and O–H groups in total. The van der Waals surface area contributed by atoms with Crippen LogP contribution in [0.25, 0.3) is 6.08 Å². The summed E-state index contributed by atoms with van der Waals surface area (Å²) in [5.74, 6) is 0.869. The second-order valence-corrected chi connectivity index (χ2v) is 7.33. The number of halogens is 1. The molecule has 0 radical (unpaired) electrons. The highest BCUT2D eigenvalue weighted by Crippen LogP contribution is 2.38. The van der Waals surface area contributed by atoms with Gasteiger partial charge in [0.15, 0.2) is 0 Å². The third-order valence-corrected chi connectivity index (χ3v) is 5.37. The second-order valence-electron chi connectivity index (χ2n) is 5.48. The zero-order valence-corrected chi connectivity index (χ0v) is 16.6. The van der Waals surface area contributed by atoms with E-state index in [0.29, 0.717) is 22.0 Å². The van der Waals surface area contributed by atoms with E-state index < -0.39 is 0 Å². The molecular formula is C19H16BrNO4S. The minimum atomic E-state index is -0.308. The van der Waals surface area contributed by atoms with Crippen molar-refractivity contribution in [3.05, 3.63) is 63.0 Å². The Morgan fingerprint density at radius 3 is 2.42 bits per heavy atom. The number of nitrogens with zero attached hydrogens (tertiary/aromatic N) is 1. The molecule has 1 fully saturated rings. The van der Waals surface area contributed by atoms with Gasteiger partial charge in [0.2, 0.25) is 0 Å². The van der Waals surface area contributed by atoms with Crippen LogP contribution in [-0.2, 0) is 11.3 Å². The van der Waals surface area contributed by atoms with Crippen molar-refractivity contribution < 1.29 is 19.1 Å². The third kappa shape index (κ3) is 3.78.